The molecule has 0 spiro atoms. The smallest absolute Gasteiger partial charge is 0.178 e. The number of hydrogen-bond acceptors (Lipinski definition) is 4. The lowest BCUT2D eigenvalue weighted by Gasteiger charge is -2.71. The molecule has 0 saturated heterocycles. The van der Waals surface area contributed by atoms with Crippen LogP contribution in [-0.4, -0.2) is 17.3 Å². The van der Waals surface area contributed by atoms with Gasteiger partial charge in [0.2, 0.25) is 0 Å². The molecule has 5 aliphatic carbocycles. The third kappa shape index (κ3) is 2.95. The standard InChI is InChI=1S/C32H45NO3/c1-19(34)32-13-11-27(2,3)17-21(32)25-22(35)15-24-29(6)16-20(18-33)26(36)28(4,5)23(29)9-10-30(24,7)31(25,8)12-14-32/h16,21,23-25H,9-15,17H2,1-8H3/t21-,23-,24+,25-,29-,30+,31+,32+/m0/s1. The van der Waals surface area contributed by atoms with Crippen molar-refractivity contribution in [1.82, 2.24) is 0 Å². The van der Waals surface area contributed by atoms with Crippen molar-refractivity contribution in [2.75, 3.05) is 0 Å². The summed E-state index contributed by atoms with van der Waals surface area (Å²) in [6, 6.07) is 2.21. The molecular weight excluding hydrogens is 446 g/mol. The molecule has 4 heteroatoms. The van der Waals surface area contributed by atoms with Crippen molar-refractivity contribution >= 4 is 17.3 Å². The lowest BCUT2D eigenvalue weighted by Crippen LogP contribution is -2.69. The van der Waals surface area contributed by atoms with Crippen molar-refractivity contribution in [1.29, 1.82) is 5.26 Å². The molecule has 0 N–H and O–H groups in total. The van der Waals surface area contributed by atoms with Crippen LogP contribution >= 0.6 is 0 Å². The maximum atomic E-state index is 14.4. The first kappa shape index (κ1) is 25.9. The number of ketones is 3. The van der Waals surface area contributed by atoms with Crippen molar-refractivity contribution in [3.8, 4) is 6.07 Å². The number of rotatable bonds is 1. The summed E-state index contributed by atoms with van der Waals surface area (Å²) in [5, 5.41) is 9.87. The number of Topliss-reactive ketones (excluding diaryl/α,β-unsaturated/α-hetero) is 3. The highest BCUT2D eigenvalue weighted by Gasteiger charge is 2.72. The normalized spacial score (nSPS) is 48.9. The van der Waals surface area contributed by atoms with Gasteiger partial charge in [-0.1, -0.05) is 54.5 Å². The number of nitriles is 1. The molecule has 4 nitrogen and oxygen atoms in total. The Morgan fingerprint density at radius 1 is 0.917 bits per heavy atom. The zero-order chi connectivity index (χ0) is 26.7. The van der Waals surface area contributed by atoms with Crippen molar-refractivity contribution in [3.63, 3.8) is 0 Å². The number of carbonyl (C=O) groups excluding carboxylic acids is 3. The number of hydrogen-bond donors (Lipinski definition) is 0. The van der Waals surface area contributed by atoms with Gasteiger partial charge >= 0.3 is 0 Å². The van der Waals surface area contributed by atoms with Crippen LogP contribution < -0.4 is 0 Å². The van der Waals surface area contributed by atoms with E-state index in [1.807, 2.05) is 19.9 Å². The minimum Gasteiger partial charge on any atom is -0.299 e. The second kappa shape index (κ2) is 7.42. The van der Waals surface area contributed by atoms with E-state index >= 15 is 0 Å². The van der Waals surface area contributed by atoms with Gasteiger partial charge in [-0.15, -0.1) is 0 Å². The highest BCUT2D eigenvalue weighted by Crippen LogP contribution is 2.75. The average Bonchev–Trinajstić information content (AvgIpc) is 2.77. The SMILES string of the molecule is CC(=O)[C@]12CCC(C)(C)C[C@H]1[C@H]1C(=O)C[C@@H]3[C@@]4(C)C=C(C#N)C(=O)C(C)(C)[C@@H]4CC[C@@]3(C)[C@]1(C)CC2. The quantitative estimate of drug-likeness (QED) is 0.401. The fourth-order valence-electron chi connectivity index (χ4n) is 10.9. The van der Waals surface area contributed by atoms with Crippen LogP contribution in [0.3, 0.4) is 0 Å². The molecule has 36 heavy (non-hydrogen) atoms. The Morgan fingerprint density at radius 3 is 2.17 bits per heavy atom. The van der Waals surface area contributed by atoms with E-state index in [9.17, 15) is 19.6 Å². The summed E-state index contributed by atoms with van der Waals surface area (Å²) in [4.78, 5) is 40.8. The Balaban J connectivity index is 1.65. The summed E-state index contributed by atoms with van der Waals surface area (Å²) in [5.74, 6) is 0.808. The average molecular weight is 492 g/mol. The minimum absolute atomic E-state index is 0.0457. The van der Waals surface area contributed by atoms with Crippen LogP contribution in [0.1, 0.15) is 107 Å². The Hall–Kier alpha value is -1.76. The molecule has 0 aromatic rings. The first-order chi connectivity index (χ1) is 16.5. The largest absolute Gasteiger partial charge is 0.299 e. The molecule has 0 aliphatic heterocycles. The molecular formula is C32H45NO3. The monoisotopic (exact) mass is 491 g/mol. The molecule has 0 aromatic carbocycles. The van der Waals surface area contributed by atoms with Crippen LogP contribution in [0.4, 0.5) is 0 Å². The van der Waals surface area contributed by atoms with Gasteiger partial charge in [-0.2, -0.15) is 5.26 Å². The molecule has 0 amide bonds. The third-order valence-electron chi connectivity index (χ3n) is 13.2. The summed E-state index contributed by atoms with van der Waals surface area (Å²) in [6.07, 6.45) is 9.08. The molecule has 0 aromatic heterocycles. The summed E-state index contributed by atoms with van der Waals surface area (Å²) in [7, 11) is 0. The summed E-state index contributed by atoms with van der Waals surface area (Å²) >= 11 is 0. The Morgan fingerprint density at radius 2 is 1.56 bits per heavy atom. The zero-order valence-electron chi connectivity index (χ0n) is 23.7. The van der Waals surface area contributed by atoms with E-state index in [1.165, 1.54) is 0 Å². The van der Waals surface area contributed by atoms with Crippen molar-refractivity contribution in [2.24, 2.45) is 56.2 Å². The summed E-state index contributed by atoms with van der Waals surface area (Å²) in [5.41, 5.74) is -1.20. The van der Waals surface area contributed by atoms with Crippen molar-refractivity contribution in [3.05, 3.63) is 11.6 Å². The molecule has 4 fully saturated rings. The molecule has 196 valence electrons. The fraction of sp³-hybridized carbons (Fsp3) is 0.812. The molecule has 0 unspecified atom stereocenters. The van der Waals surface area contributed by atoms with Crippen molar-refractivity contribution in [2.45, 2.75) is 107 Å². The van der Waals surface area contributed by atoms with Gasteiger partial charge in [0.25, 0.3) is 0 Å². The molecule has 5 rings (SSSR count). The van der Waals surface area contributed by atoms with Gasteiger partial charge in [-0.3, -0.25) is 14.4 Å². The summed E-state index contributed by atoms with van der Waals surface area (Å²) < 4.78 is 0. The van der Waals surface area contributed by atoms with Crippen molar-refractivity contribution < 1.29 is 14.4 Å². The van der Waals surface area contributed by atoms with Gasteiger partial charge in [-0.25, -0.2) is 0 Å². The maximum absolute atomic E-state index is 14.4. The van der Waals surface area contributed by atoms with Gasteiger partial charge in [0, 0.05) is 23.2 Å². The van der Waals surface area contributed by atoms with Crippen LogP contribution in [-0.2, 0) is 14.4 Å². The number of nitrogens with zero attached hydrogens (tertiary/aromatic N) is 1. The minimum atomic E-state index is -0.611. The zero-order valence-corrected chi connectivity index (χ0v) is 23.7. The summed E-state index contributed by atoms with van der Waals surface area (Å²) in [6.45, 7) is 17.4. The Kier molecular flexibility index (Phi) is 5.33. The highest BCUT2D eigenvalue weighted by molar-refractivity contribution is 6.04. The van der Waals surface area contributed by atoms with E-state index in [2.05, 4.69) is 40.7 Å². The van der Waals surface area contributed by atoms with E-state index in [4.69, 9.17) is 0 Å². The Bertz CT molecular complexity index is 1120. The van der Waals surface area contributed by atoms with Gasteiger partial charge in [0.05, 0.1) is 5.57 Å². The molecule has 0 radical (unpaired) electrons. The second-order valence-corrected chi connectivity index (χ2v) is 15.4. The van der Waals surface area contributed by atoms with Gasteiger partial charge in [0.15, 0.2) is 5.78 Å². The van der Waals surface area contributed by atoms with Gasteiger partial charge in [0.1, 0.15) is 17.6 Å². The third-order valence-corrected chi connectivity index (χ3v) is 13.2. The van der Waals surface area contributed by atoms with Crippen LogP contribution in [0.5, 0.6) is 0 Å². The molecule has 5 aliphatic rings. The first-order valence-electron chi connectivity index (χ1n) is 14.2. The molecule has 0 heterocycles. The van der Waals surface area contributed by atoms with Crippen LogP contribution in [0.15, 0.2) is 11.6 Å². The second-order valence-electron chi connectivity index (χ2n) is 15.4. The predicted molar refractivity (Wildman–Crippen MR) is 140 cm³/mol. The van der Waals surface area contributed by atoms with Crippen LogP contribution in [0.25, 0.3) is 0 Å². The van der Waals surface area contributed by atoms with Gasteiger partial charge in [-0.05, 0) is 91.3 Å². The van der Waals surface area contributed by atoms with E-state index in [1.54, 1.807) is 6.92 Å². The van der Waals surface area contributed by atoms with E-state index in [0.717, 1.165) is 44.9 Å². The highest BCUT2D eigenvalue weighted by atomic mass is 16.1. The first-order valence-corrected chi connectivity index (χ1v) is 14.2. The topological polar surface area (TPSA) is 75.0 Å². The van der Waals surface area contributed by atoms with E-state index in [-0.39, 0.29) is 67.9 Å². The molecule has 0 bridgehead atoms. The lowest BCUT2D eigenvalue weighted by atomic mass is 9.31. The number of carbonyl (C=O) groups is 3. The fourth-order valence-corrected chi connectivity index (χ4v) is 10.9. The predicted octanol–water partition coefficient (Wildman–Crippen LogP) is 6.87. The molecule has 4 saturated carbocycles. The van der Waals surface area contributed by atoms with Crippen LogP contribution in [0, 0.1) is 67.5 Å². The number of allylic oxidation sites excluding steroid dienone is 2. The van der Waals surface area contributed by atoms with Crippen LogP contribution in [0.2, 0.25) is 0 Å². The Labute approximate surface area is 217 Å². The molecule has 8 atom stereocenters. The lowest BCUT2D eigenvalue weighted by molar-refractivity contribution is -0.221. The number of fused-ring (bicyclic) bond motifs is 7. The van der Waals surface area contributed by atoms with E-state index < -0.39 is 5.41 Å². The maximum Gasteiger partial charge on any atom is 0.178 e. The van der Waals surface area contributed by atoms with Gasteiger partial charge < -0.3 is 0 Å². The van der Waals surface area contributed by atoms with E-state index in [0.29, 0.717) is 12.2 Å².